The van der Waals surface area contributed by atoms with Crippen molar-refractivity contribution in [3.63, 3.8) is 0 Å². The molecule has 1 aromatic heterocycles. The largest absolute Gasteiger partial charge is 0.433 e. The van der Waals surface area contributed by atoms with Crippen molar-refractivity contribution in [3.05, 3.63) is 42.1 Å². The first-order valence-electron chi connectivity index (χ1n) is 9.93. The number of carbonyl (C=O) groups is 1. The quantitative estimate of drug-likeness (QED) is 0.335. The Morgan fingerprint density at radius 2 is 1.83 bits per heavy atom. The molecule has 1 aromatic carbocycles. The standard InChI is InChI=1S/C21H27F3N4OS/c1-4-28(5-2)13-9-12-25-19(29)15(3)30-20-26-17(16-10-7-6-8-11-16)14-18(27-20)21(22,23)24/h6-8,10-11,14-15H,4-5,9,12-13H2,1-3H3,(H,25,29)/t15-/m1/s1. The van der Waals surface area contributed by atoms with Crippen LogP contribution >= 0.6 is 11.8 Å². The number of nitrogens with zero attached hydrogens (tertiary/aromatic N) is 3. The number of carbonyl (C=O) groups excluding carboxylic acids is 1. The van der Waals surface area contributed by atoms with Crippen molar-refractivity contribution in [3.8, 4) is 11.3 Å². The van der Waals surface area contributed by atoms with E-state index in [9.17, 15) is 18.0 Å². The number of amides is 1. The first-order chi connectivity index (χ1) is 14.2. The number of hydrogen-bond acceptors (Lipinski definition) is 5. The van der Waals surface area contributed by atoms with Gasteiger partial charge in [-0.3, -0.25) is 4.79 Å². The van der Waals surface area contributed by atoms with Crippen LogP contribution in [0.3, 0.4) is 0 Å². The van der Waals surface area contributed by atoms with Gasteiger partial charge in [0.05, 0.1) is 10.9 Å². The van der Waals surface area contributed by atoms with Gasteiger partial charge in [-0.25, -0.2) is 9.97 Å². The fourth-order valence-electron chi connectivity index (χ4n) is 2.79. The van der Waals surface area contributed by atoms with E-state index in [2.05, 4.69) is 34.0 Å². The number of halogens is 3. The summed E-state index contributed by atoms with van der Waals surface area (Å²) in [5.41, 5.74) is -0.293. The molecule has 1 amide bonds. The zero-order valence-electron chi connectivity index (χ0n) is 17.4. The topological polar surface area (TPSA) is 58.1 Å². The summed E-state index contributed by atoms with van der Waals surface area (Å²) in [6.07, 6.45) is -3.79. The maximum absolute atomic E-state index is 13.3. The van der Waals surface area contributed by atoms with Crippen LogP contribution in [0.25, 0.3) is 11.3 Å². The summed E-state index contributed by atoms with van der Waals surface area (Å²) in [6.45, 7) is 9.10. The number of benzene rings is 1. The second-order valence-electron chi connectivity index (χ2n) is 6.72. The van der Waals surface area contributed by atoms with Gasteiger partial charge >= 0.3 is 6.18 Å². The molecule has 1 N–H and O–H groups in total. The molecule has 0 unspecified atom stereocenters. The molecule has 0 fully saturated rings. The third-order valence-electron chi connectivity index (χ3n) is 4.56. The fraction of sp³-hybridized carbons (Fsp3) is 0.476. The molecule has 0 radical (unpaired) electrons. The minimum Gasteiger partial charge on any atom is -0.355 e. The maximum Gasteiger partial charge on any atom is 0.433 e. The SMILES string of the molecule is CCN(CC)CCCNC(=O)[C@@H](C)Sc1nc(-c2ccccc2)cc(C(F)(F)F)n1. The number of alkyl halides is 3. The normalized spacial score (nSPS) is 12.8. The van der Waals surface area contributed by atoms with E-state index in [0.717, 1.165) is 43.9 Å². The highest BCUT2D eigenvalue weighted by atomic mass is 32.2. The molecule has 0 aliphatic carbocycles. The van der Waals surface area contributed by atoms with E-state index in [-0.39, 0.29) is 16.8 Å². The van der Waals surface area contributed by atoms with Crippen LogP contribution in [0.5, 0.6) is 0 Å². The van der Waals surface area contributed by atoms with Crippen molar-refractivity contribution in [2.24, 2.45) is 0 Å². The molecule has 1 atom stereocenters. The lowest BCUT2D eigenvalue weighted by Crippen LogP contribution is -2.34. The van der Waals surface area contributed by atoms with Gasteiger partial charge in [-0.2, -0.15) is 13.2 Å². The van der Waals surface area contributed by atoms with Gasteiger partial charge in [0, 0.05) is 12.1 Å². The number of thioether (sulfide) groups is 1. The summed E-state index contributed by atoms with van der Waals surface area (Å²) in [5.74, 6) is -0.248. The van der Waals surface area contributed by atoms with Crippen LogP contribution in [-0.4, -0.2) is 52.2 Å². The van der Waals surface area contributed by atoms with Gasteiger partial charge in [0.1, 0.15) is 5.69 Å². The molecule has 1 heterocycles. The van der Waals surface area contributed by atoms with Gasteiger partial charge < -0.3 is 10.2 Å². The van der Waals surface area contributed by atoms with Crippen LogP contribution in [0.4, 0.5) is 13.2 Å². The number of hydrogen-bond donors (Lipinski definition) is 1. The lowest BCUT2D eigenvalue weighted by Gasteiger charge is -2.18. The van der Waals surface area contributed by atoms with Crippen LogP contribution in [0.15, 0.2) is 41.6 Å². The highest BCUT2D eigenvalue weighted by molar-refractivity contribution is 8.00. The maximum atomic E-state index is 13.3. The average Bonchev–Trinajstić information content (AvgIpc) is 2.73. The van der Waals surface area contributed by atoms with Crippen LogP contribution in [0, 0.1) is 0 Å². The Kier molecular flexibility index (Phi) is 9.10. The molecule has 164 valence electrons. The molecule has 0 saturated heterocycles. The predicted molar refractivity (Wildman–Crippen MR) is 113 cm³/mol. The predicted octanol–water partition coefficient (Wildman–Crippen LogP) is 4.49. The molecule has 0 spiro atoms. The highest BCUT2D eigenvalue weighted by Gasteiger charge is 2.34. The fourth-order valence-corrected chi connectivity index (χ4v) is 3.60. The van der Waals surface area contributed by atoms with Crippen LogP contribution < -0.4 is 5.32 Å². The van der Waals surface area contributed by atoms with Gasteiger partial charge in [0.25, 0.3) is 0 Å². The zero-order chi connectivity index (χ0) is 22.1. The smallest absolute Gasteiger partial charge is 0.355 e. The van der Waals surface area contributed by atoms with E-state index in [4.69, 9.17) is 0 Å². The number of nitrogens with one attached hydrogen (secondary N) is 1. The van der Waals surface area contributed by atoms with E-state index < -0.39 is 17.1 Å². The Bertz CT molecular complexity index is 814. The van der Waals surface area contributed by atoms with Crippen molar-refractivity contribution in [1.29, 1.82) is 0 Å². The second-order valence-corrected chi connectivity index (χ2v) is 8.02. The Balaban J connectivity index is 2.06. The molecular weight excluding hydrogens is 413 g/mol. The summed E-state index contributed by atoms with van der Waals surface area (Å²) in [4.78, 5) is 22.5. The first-order valence-corrected chi connectivity index (χ1v) is 10.8. The van der Waals surface area contributed by atoms with E-state index in [0.29, 0.717) is 12.1 Å². The van der Waals surface area contributed by atoms with E-state index in [1.807, 2.05) is 0 Å². The Morgan fingerprint density at radius 1 is 1.17 bits per heavy atom. The minimum atomic E-state index is -4.60. The lowest BCUT2D eigenvalue weighted by molar-refractivity contribution is -0.141. The molecular formula is C21H27F3N4OS. The molecule has 0 bridgehead atoms. The summed E-state index contributed by atoms with van der Waals surface area (Å²) in [5, 5.41) is 2.14. The van der Waals surface area contributed by atoms with E-state index in [1.165, 1.54) is 0 Å². The van der Waals surface area contributed by atoms with Gasteiger partial charge in [0.2, 0.25) is 5.91 Å². The monoisotopic (exact) mass is 440 g/mol. The first kappa shape index (κ1) is 24.1. The molecule has 5 nitrogen and oxygen atoms in total. The third-order valence-corrected chi connectivity index (χ3v) is 5.52. The van der Waals surface area contributed by atoms with Crippen LogP contribution in [-0.2, 0) is 11.0 Å². The molecule has 2 aromatic rings. The summed E-state index contributed by atoms with van der Waals surface area (Å²) >= 11 is 0.919. The molecule has 30 heavy (non-hydrogen) atoms. The molecule has 0 saturated carbocycles. The van der Waals surface area contributed by atoms with Crippen LogP contribution in [0.1, 0.15) is 32.9 Å². The van der Waals surface area contributed by atoms with Crippen LogP contribution in [0.2, 0.25) is 0 Å². The zero-order valence-corrected chi connectivity index (χ0v) is 18.2. The van der Waals surface area contributed by atoms with Gasteiger partial charge in [0.15, 0.2) is 5.16 Å². The Labute approximate surface area is 179 Å². The molecule has 0 aliphatic heterocycles. The third kappa shape index (κ3) is 7.28. The van der Waals surface area contributed by atoms with Gasteiger partial charge in [-0.15, -0.1) is 0 Å². The summed E-state index contributed by atoms with van der Waals surface area (Å²) in [7, 11) is 0. The van der Waals surface area contributed by atoms with Crippen molar-refractivity contribution < 1.29 is 18.0 Å². The second kappa shape index (κ2) is 11.3. The van der Waals surface area contributed by atoms with Crippen molar-refractivity contribution >= 4 is 17.7 Å². The van der Waals surface area contributed by atoms with Gasteiger partial charge in [-0.05, 0) is 39.0 Å². The summed E-state index contributed by atoms with van der Waals surface area (Å²) in [6, 6.07) is 9.53. The molecule has 9 heteroatoms. The van der Waals surface area contributed by atoms with E-state index in [1.54, 1.807) is 37.3 Å². The van der Waals surface area contributed by atoms with E-state index >= 15 is 0 Å². The minimum absolute atomic E-state index is 0.0746. The molecule has 2 rings (SSSR count). The Hall–Kier alpha value is -2.13. The van der Waals surface area contributed by atoms with Crippen molar-refractivity contribution in [2.45, 2.75) is 43.8 Å². The van der Waals surface area contributed by atoms with Gasteiger partial charge in [-0.1, -0.05) is 55.9 Å². The number of aromatic nitrogens is 2. The summed E-state index contributed by atoms with van der Waals surface area (Å²) < 4.78 is 39.9. The molecule has 0 aliphatic rings. The van der Waals surface area contributed by atoms with Crippen molar-refractivity contribution in [2.75, 3.05) is 26.2 Å². The van der Waals surface area contributed by atoms with Crippen molar-refractivity contribution in [1.82, 2.24) is 20.2 Å². The number of rotatable bonds is 10. The highest BCUT2D eigenvalue weighted by Crippen LogP contribution is 2.32. The Morgan fingerprint density at radius 3 is 2.43 bits per heavy atom. The lowest BCUT2D eigenvalue weighted by atomic mass is 10.1. The average molecular weight is 441 g/mol.